The van der Waals surface area contributed by atoms with Crippen LogP contribution < -0.4 is 10.6 Å². The Morgan fingerprint density at radius 2 is 1.88 bits per heavy atom. The molecule has 3 unspecified atom stereocenters. The van der Waals surface area contributed by atoms with E-state index in [9.17, 15) is 19.5 Å². The molecule has 9 heteroatoms. The first-order valence-electron chi connectivity index (χ1n) is 11.5. The number of hydrogen-bond acceptors (Lipinski definition) is 5. The number of aliphatic hydroxyl groups is 1. The number of nitrogens with one attached hydrogen (secondary N) is 2. The van der Waals surface area contributed by atoms with Crippen LogP contribution in [0.2, 0.25) is 0 Å². The van der Waals surface area contributed by atoms with Crippen LogP contribution in [0.1, 0.15) is 60.3 Å². The topological polar surface area (TPSA) is 108 Å². The Bertz CT molecular complexity index is 767. The molecule has 0 aliphatic carbocycles. The first-order chi connectivity index (χ1) is 14.8. The molecule has 0 aromatic rings. The van der Waals surface area contributed by atoms with E-state index in [2.05, 4.69) is 47.3 Å². The lowest BCUT2D eigenvalue weighted by Gasteiger charge is -2.38. The van der Waals surface area contributed by atoms with Gasteiger partial charge in [-0.05, 0) is 44.9 Å². The second-order valence-corrected chi connectivity index (χ2v) is 12.5. The number of fused-ring (bicyclic) bond motifs is 1. The molecule has 2 bridgehead atoms. The molecule has 3 aliphatic rings. The van der Waals surface area contributed by atoms with Crippen LogP contribution in [0.4, 0.5) is 0 Å². The predicted octanol–water partition coefficient (Wildman–Crippen LogP) is 1.58. The summed E-state index contributed by atoms with van der Waals surface area (Å²) in [5.41, 5.74) is -1.50. The standard InChI is InChI=1S/C23H38BrN3O5/c1-21(2,3)12-22(4,5)26-19(30)17-23-11-13(24)16(32-23)14(18(29)25-6)15(23)20(31)27(17)9-7-8-10-28/h13-17,28H,7-12H2,1-6H3,(H,25,29)(H,26,30)/t13?,14-,15-,16-,17?,23?/m0/s1. The summed E-state index contributed by atoms with van der Waals surface area (Å²) in [6.45, 7) is 10.7. The first-order valence-corrected chi connectivity index (χ1v) is 12.5. The van der Waals surface area contributed by atoms with Gasteiger partial charge in [0.2, 0.25) is 17.7 Å². The molecule has 3 heterocycles. The molecule has 0 saturated carbocycles. The van der Waals surface area contributed by atoms with Crippen molar-refractivity contribution in [1.82, 2.24) is 15.5 Å². The summed E-state index contributed by atoms with van der Waals surface area (Å²) in [5, 5.41) is 15.1. The highest BCUT2D eigenvalue weighted by Gasteiger charge is 2.76. The molecule has 3 amide bonds. The molecule has 3 rings (SSSR count). The smallest absolute Gasteiger partial charge is 0.246 e. The summed E-state index contributed by atoms with van der Waals surface area (Å²) < 4.78 is 6.41. The van der Waals surface area contributed by atoms with Crippen LogP contribution in [0.15, 0.2) is 0 Å². The number of aliphatic hydroxyl groups excluding tert-OH is 1. The molecule has 32 heavy (non-hydrogen) atoms. The van der Waals surface area contributed by atoms with Crippen molar-refractivity contribution in [2.75, 3.05) is 20.2 Å². The number of hydrogen-bond donors (Lipinski definition) is 3. The van der Waals surface area contributed by atoms with Crippen LogP contribution >= 0.6 is 15.9 Å². The molecule has 0 radical (unpaired) electrons. The predicted molar refractivity (Wildman–Crippen MR) is 124 cm³/mol. The molecule has 3 aliphatic heterocycles. The molecule has 182 valence electrons. The van der Waals surface area contributed by atoms with Crippen molar-refractivity contribution in [2.24, 2.45) is 17.3 Å². The number of carbonyl (C=O) groups is 3. The maximum Gasteiger partial charge on any atom is 0.246 e. The molecular weight excluding hydrogens is 478 g/mol. The van der Waals surface area contributed by atoms with E-state index in [0.717, 1.165) is 6.42 Å². The molecule has 3 fully saturated rings. The van der Waals surface area contributed by atoms with Gasteiger partial charge >= 0.3 is 0 Å². The second kappa shape index (κ2) is 8.87. The summed E-state index contributed by atoms with van der Waals surface area (Å²) in [4.78, 5) is 41.6. The van der Waals surface area contributed by atoms with Gasteiger partial charge in [-0.25, -0.2) is 0 Å². The minimum Gasteiger partial charge on any atom is -0.396 e. The van der Waals surface area contributed by atoms with Crippen molar-refractivity contribution in [1.29, 1.82) is 0 Å². The van der Waals surface area contributed by atoms with E-state index in [-0.39, 0.29) is 34.6 Å². The third-order valence-corrected chi connectivity index (χ3v) is 7.67. The van der Waals surface area contributed by atoms with Crippen LogP contribution in [-0.4, -0.2) is 76.0 Å². The number of likely N-dealkylation sites (tertiary alicyclic amines) is 1. The minimum atomic E-state index is -1.03. The minimum absolute atomic E-state index is 0.0114. The van der Waals surface area contributed by atoms with Crippen LogP contribution in [0.5, 0.6) is 0 Å². The zero-order valence-corrected chi connectivity index (χ0v) is 21.6. The summed E-state index contributed by atoms with van der Waals surface area (Å²) in [7, 11) is 1.56. The Morgan fingerprint density at radius 1 is 1.22 bits per heavy atom. The van der Waals surface area contributed by atoms with E-state index in [1.165, 1.54) is 0 Å². The van der Waals surface area contributed by atoms with Gasteiger partial charge in [-0.3, -0.25) is 14.4 Å². The van der Waals surface area contributed by atoms with Crippen LogP contribution in [0.25, 0.3) is 0 Å². The van der Waals surface area contributed by atoms with Gasteiger partial charge < -0.3 is 25.4 Å². The van der Waals surface area contributed by atoms with E-state index in [0.29, 0.717) is 25.8 Å². The maximum atomic E-state index is 13.8. The van der Waals surface area contributed by atoms with Crippen LogP contribution in [0.3, 0.4) is 0 Å². The average molecular weight is 516 g/mol. The van der Waals surface area contributed by atoms with Crippen molar-refractivity contribution in [3.63, 3.8) is 0 Å². The lowest BCUT2D eigenvalue weighted by Crippen LogP contribution is -2.59. The fraction of sp³-hybridized carbons (Fsp3) is 0.870. The van der Waals surface area contributed by atoms with E-state index in [4.69, 9.17) is 4.74 Å². The van der Waals surface area contributed by atoms with Gasteiger partial charge in [-0.15, -0.1) is 0 Å². The Balaban J connectivity index is 1.96. The highest BCUT2D eigenvalue weighted by Crippen LogP contribution is 2.60. The van der Waals surface area contributed by atoms with Crippen molar-refractivity contribution in [3.05, 3.63) is 0 Å². The fourth-order valence-corrected chi connectivity index (χ4v) is 7.25. The normalized spacial score (nSPS) is 34.1. The van der Waals surface area contributed by atoms with Gasteiger partial charge in [0.05, 0.1) is 17.9 Å². The van der Waals surface area contributed by atoms with Crippen LogP contribution in [0, 0.1) is 17.3 Å². The number of halogens is 1. The first kappa shape index (κ1) is 25.4. The number of carbonyl (C=O) groups excluding carboxylic acids is 3. The number of ether oxygens (including phenoxy) is 1. The van der Waals surface area contributed by atoms with Gasteiger partial charge in [0.25, 0.3) is 0 Å². The maximum absolute atomic E-state index is 13.8. The van der Waals surface area contributed by atoms with Crippen molar-refractivity contribution in [2.45, 2.75) is 88.4 Å². The van der Waals surface area contributed by atoms with Gasteiger partial charge in [0.15, 0.2) is 0 Å². The largest absolute Gasteiger partial charge is 0.396 e. The number of rotatable bonds is 8. The van der Waals surface area contributed by atoms with Gasteiger partial charge in [0, 0.05) is 30.6 Å². The Labute approximate surface area is 199 Å². The van der Waals surface area contributed by atoms with Gasteiger partial charge in [0.1, 0.15) is 11.6 Å². The molecule has 8 nitrogen and oxygen atoms in total. The van der Waals surface area contributed by atoms with Gasteiger partial charge in [-0.1, -0.05) is 36.7 Å². The summed E-state index contributed by atoms with van der Waals surface area (Å²) in [6.07, 6.45) is 1.93. The van der Waals surface area contributed by atoms with Crippen molar-refractivity contribution >= 4 is 33.7 Å². The SMILES string of the molecule is CNC(=O)[C@H]1[C@H]2C(=O)N(CCCCO)C(C(=O)NC(C)(C)CC(C)(C)C)C23CC(Br)[C@@H]1O3. The van der Waals surface area contributed by atoms with E-state index in [1.54, 1.807) is 11.9 Å². The average Bonchev–Trinajstić information content (AvgIpc) is 3.22. The fourth-order valence-electron chi connectivity index (χ4n) is 6.30. The summed E-state index contributed by atoms with van der Waals surface area (Å²) in [5.74, 6) is -1.99. The molecule has 3 N–H and O–H groups in total. The van der Waals surface area contributed by atoms with Gasteiger partial charge in [-0.2, -0.15) is 0 Å². The summed E-state index contributed by atoms with van der Waals surface area (Å²) in [6, 6.07) is -0.808. The Kier molecular flexibility index (Phi) is 7.05. The zero-order valence-electron chi connectivity index (χ0n) is 20.0. The second-order valence-electron chi connectivity index (χ2n) is 11.4. The number of nitrogens with zero attached hydrogens (tertiary/aromatic N) is 1. The number of unbranched alkanes of at least 4 members (excludes halogenated alkanes) is 1. The van der Waals surface area contributed by atoms with E-state index < -0.39 is 35.1 Å². The molecular formula is C23H38BrN3O5. The lowest BCUT2D eigenvalue weighted by atomic mass is 9.70. The highest BCUT2D eigenvalue weighted by atomic mass is 79.9. The molecule has 6 atom stereocenters. The highest BCUT2D eigenvalue weighted by molar-refractivity contribution is 9.09. The lowest BCUT2D eigenvalue weighted by molar-refractivity contribution is -0.142. The van der Waals surface area contributed by atoms with E-state index in [1.807, 2.05) is 13.8 Å². The molecule has 0 aromatic carbocycles. The third-order valence-electron chi connectivity index (χ3n) is 6.83. The number of amides is 3. The Hall–Kier alpha value is -1.19. The van der Waals surface area contributed by atoms with E-state index >= 15 is 0 Å². The molecule has 3 saturated heterocycles. The zero-order chi connectivity index (χ0) is 24.1. The monoisotopic (exact) mass is 515 g/mol. The van der Waals surface area contributed by atoms with Crippen LogP contribution in [-0.2, 0) is 19.1 Å². The summed E-state index contributed by atoms with van der Waals surface area (Å²) >= 11 is 3.65. The Morgan fingerprint density at radius 3 is 2.44 bits per heavy atom. The quantitative estimate of drug-likeness (QED) is 0.336. The van der Waals surface area contributed by atoms with Crippen molar-refractivity contribution < 1.29 is 24.2 Å². The molecule has 0 aromatic heterocycles. The van der Waals surface area contributed by atoms with Crippen molar-refractivity contribution in [3.8, 4) is 0 Å². The third kappa shape index (κ3) is 4.44. The number of alkyl halides is 1. The molecule has 1 spiro atoms.